The Morgan fingerprint density at radius 3 is 2.93 bits per heavy atom. The van der Waals surface area contributed by atoms with E-state index in [1.807, 2.05) is 12.1 Å². The third-order valence-electron chi connectivity index (χ3n) is 1.63. The lowest BCUT2D eigenvalue weighted by atomic mass is 10.3. The van der Waals surface area contributed by atoms with Crippen LogP contribution in [0.5, 0.6) is 0 Å². The van der Waals surface area contributed by atoms with E-state index in [-0.39, 0.29) is 0 Å². The van der Waals surface area contributed by atoms with Gasteiger partial charge in [-0.15, -0.1) is 0 Å². The molecule has 0 saturated heterocycles. The number of thiocarbonyl (C=S) groups is 1. The molecule has 0 aliphatic heterocycles. The number of nitrogens with one attached hydrogen (secondary N) is 1. The van der Waals surface area contributed by atoms with Crippen LogP contribution in [0.15, 0.2) is 24.5 Å². The fourth-order valence-electron chi connectivity index (χ4n) is 0.915. The van der Waals surface area contributed by atoms with Gasteiger partial charge in [-0.05, 0) is 17.7 Å². The van der Waals surface area contributed by atoms with Crippen LogP contribution in [0.3, 0.4) is 0 Å². The first-order chi connectivity index (χ1) is 7.33. The van der Waals surface area contributed by atoms with Crippen LogP contribution < -0.4 is 5.32 Å². The number of pyridine rings is 1. The number of rotatable bonds is 4. The molecule has 1 N–H and O–H groups in total. The quantitative estimate of drug-likeness (QED) is 0.642. The summed E-state index contributed by atoms with van der Waals surface area (Å²) in [6.07, 6.45) is 4.04. The predicted octanol–water partition coefficient (Wildman–Crippen LogP) is 2.10. The number of nitrogens with zero attached hydrogens (tertiary/aromatic N) is 2. The molecular formula is C10H11N3S2. The predicted molar refractivity (Wildman–Crippen MR) is 66.4 cm³/mol. The first-order valence-corrected chi connectivity index (χ1v) is 5.89. The van der Waals surface area contributed by atoms with Crippen LogP contribution in [-0.2, 0) is 6.54 Å². The van der Waals surface area contributed by atoms with Crippen molar-refractivity contribution in [2.75, 3.05) is 5.75 Å². The van der Waals surface area contributed by atoms with Crippen LogP contribution in [0.2, 0.25) is 0 Å². The average molecular weight is 237 g/mol. The van der Waals surface area contributed by atoms with Gasteiger partial charge in [-0.3, -0.25) is 4.98 Å². The molecule has 0 radical (unpaired) electrons. The number of nitriles is 1. The van der Waals surface area contributed by atoms with E-state index in [2.05, 4.69) is 16.4 Å². The second-order valence-corrected chi connectivity index (χ2v) is 4.52. The maximum atomic E-state index is 8.35. The molecule has 0 spiro atoms. The van der Waals surface area contributed by atoms with Crippen LogP contribution >= 0.6 is 24.0 Å². The highest BCUT2D eigenvalue weighted by molar-refractivity contribution is 8.22. The Kier molecular flexibility index (Phi) is 5.74. The van der Waals surface area contributed by atoms with Gasteiger partial charge in [0.25, 0.3) is 0 Å². The lowest BCUT2D eigenvalue weighted by Gasteiger charge is -2.05. The summed E-state index contributed by atoms with van der Waals surface area (Å²) in [6, 6.07) is 5.96. The number of hydrogen-bond acceptors (Lipinski definition) is 4. The summed E-state index contributed by atoms with van der Waals surface area (Å²) in [7, 11) is 0. The number of thioether (sulfide) groups is 1. The molecule has 0 fully saturated rings. The zero-order valence-corrected chi connectivity index (χ0v) is 9.77. The fourth-order valence-corrected chi connectivity index (χ4v) is 1.79. The summed E-state index contributed by atoms with van der Waals surface area (Å²) >= 11 is 6.60. The second-order valence-electron chi connectivity index (χ2n) is 2.75. The SMILES string of the molecule is N#CCCSC(=S)NCc1ccncc1. The third-order valence-corrected chi connectivity index (χ3v) is 2.95. The fraction of sp³-hybridized carbons (Fsp3) is 0.300. The van der Waals surface area contributed by atoms with Gasteiger partial charge < -0.3 is 5.32 Å². The normalized spacial score (nSPS) is 9.27. The zero-order valence-electron chi connectivity index (χ0n) is 8.14. The molecule has 1 aromatic heterocycles. The molecule has 0 unspecified atom stereocenters. The minimum absolute atomic E-state index is 0.530. The Balaban J connectivity index is 2.20. The van der Waals surface area contributed by atoms with Crippen molar-refractivity contribution in [3.8, 4) is 6.07 Å². The smallest absolute Gasteiger partial charge is 0.134 e. The highest BCUT2D eigenvalue weighted by atomic mass is 32.2. The summed E-state index contributed by atoms with van der Waals surface area (Å²) < 4.78 is 0.738. The van der Waals surface area contributed by atoms with Gasteiger partial charge in [-0.1, -0.05) is 24.0 Å². The molecule has 0 saturated carbocycles. The maximum Gasteiger partial charge on any atom is 0.134 e. The van der Waals surface area contributed by atoms with Gasteiger partial charge in [0.1, 0.15) is 4.32 Å². The van der Waals surface area contributed by atoms with Crippen molar-refractivity contribution in [3.05, 3.63) is 30.1 Å². The minimum atomic E-state index is 0.530. The maximum absolute atomic E-state index is 8.35. The van der Waals surface area contributed by atoms with Crippen molar-refractivity contribution in [1.82, 2.24) is 10.3 Å². The molecule has 5 heteroatoms. The van der Waals surface area contributed by atoms with Crippen LogP contribution in [0.1, 0.15) is 12.0 Å². The Labute approximate surface area is 98.9 Å². The minimum Gasteiger partial charge on any atom is -0.367 e. The molecule has 0 aromatic carbocycles. The van der Waals surface area contributed by atoms with E-state index in [1.54, 1.807) is 12.4 Å². The number of hydrogen-bond donors (Lipinski definition) is 1. The van der Waals surface area contributed by atoms with Crippen LogP contribution in [0.25, 0.3) is 0 Å². The van der Waals surface area contributed by atoms with E-state index in [9.17, 15) is 0 Å². The Morgan fingerprint density at radius 2 is 2.27 bits per heavy atom. The molecule has 0 amide bonds. The van der Waals surface area contributed by atoms with Crippen molar-refractivity contribution < 1.29 is 0 Å². The van der Waals surface area contributed by atoms with Crippen molar-refractivity contribution in [2.24, 2.45) is 0 Å². The molecular weight excluding hydrogens is 226 g/mol. The monoisotopic (exact) mass is 237 g/mol. The molecule has 0 aliphatic rings. The molecule has 1 heterocycles. The van der Waals surface area contributed by atoms with Gasteiger partial charge in [0.05, 0.1) is 6.07 Å². The van der Waals surface area contributed by atoms with Gasteiger partial charge in [0, 0.05) is 31.1 Å². The van der Waals surface area contributed by atoms with Crippen molar-refractivity contribution in [3.63, 3.8) is 0 Å². The van der Waals surface area contributed by atoms with Crippen LogP contribution in [-0.4, -0.2) is 15.1 Å². The first kappa shape index (κ1) is 12.0. The molecule has 1 rings (SSSR count). The highest BCUT2D eigenvalue weighted by Gasteiger charge is 1.97. The summed E-state index contributed by atoms with van der Waals surface area (Å²) in [4.78, 5) is 3.93. The van der Waals surface area contributed by atoms with E-state index in [0.29, 0.717) is 13.0 Å². The topological polar surface area (TPSA) is 48.7 Å². The summed E-state index contributed by atoms with van der Waals surface area (Å²) in [5, 5.41) is 11.5. The molecule has 0 bridgehead atoms. The van der Waals surface area contributed by atoms with Crippen LogP contribution in [0.4, 0.5) is 0 Å². The van der Waals surface area contributed by atoms with Crippen LogP contribution in [0, 0.1) is 11.3 Å². The number of aromatic nitrogens is 1. The molecule has 0 aliphatic carbocycles. The van der Waals surface area contributed by atoms with Crippen molar-refractivity contribution >= 4 is 28.3 Å². The van der Waals surface area contributed by atoms with Crippen molar-refractivity contribution in [2.45, 2.75) is 13.0 Å². The van der Waals surface area contributed by atoms with Gasteiger partial charge >= 0.3 is 0 Å². The zero-order chi connectivity index (χ0) is 10.9. The van der Waals surface area contributed by atoms with Gasteiger partial charge in [0.15, 0.2) is 0 Å². The summed E-state index contributed by atoms with van der Waals surface area (Å²) in [6.45, 7) is 0.709. The van der Waals surface area contributed by atoms with Gasteiger partial charge in [0.2, 0.25) is 0 Å². The Morgan fingerprint density at radius 1 is 1.53 bits per heavy atom. The standard InChI is InChI=1S/C10H11N3S2/c11-4-1-7-15-10(14)13-8-9-2-5-12-6-3-9/h2-3,5-6H,1,7-8H2,(H,13,14). The lowest BCUT2D eigenvalue weighted by molar-refractivity contribution is 0.935. The first-order valence-electron chi connectivity index (χ1n) is 4.49. The lowest BCUT2D eigenvalue weighted by Crippen LogP contribution is -2.17. The second kappa shape index (κ2) is 7.21. The van der Waals surface area contributed by atoms with E-state index in [4.69, 9.17) is 17.5 Å². The Hall–Kier alpha value is -1.12. The van der Waals surface area contributed by atoms with E-state index < -0.39 is 0 Å². The summed E-state index contributed by atoms with van der Waals surface area (Å²) in [5.74, 6) is 0.749. The third kappa shape index (κ3) is 5.35. The van der Waals surface area contributed by atoms with E-state index in [1.165, 1.54) is 11.8 Å². The molecule has 1 aromatic rings. The largest absolute Gasteiger partial charge is 0.367 e. The van der Waals surface area contributed by atoms with Gasteiger partial charge in [-0.25, -0.2) is 0 Å². The molecule has 78 valence electrons. The Bertz CT molecular complexity index is 345. The van der Waals surface area contributed by atoms with Gasteiger partial charge in [-0.2, -0.15) is 5.26 Å². The molecule has 3 nitrogen and oxygen atoms in total. The van der Waals surface area contributed by atoms with E-state index in [0.717, 1.165) is 15.6 Å². The molecule has 0 atom stereocenters. The average Bonchev–Trinajstić information content (AvgIpc) is 2.28. The summed E-state index contributed by atoms with van der Waals surface area (Å²) in [5.41, 5.74) is 1.15. The van der Waals surface area contributed by atoms with Crippen molar-refractivity contribution in [1.29, 1.82) is 5.26 Å². The molecule has 15 heavy (non-hydrogen) atoms. The highest BCUT2D eigenvalue weighted by Crippen LogP contribution is 2.04. The van der Waals surface area contributed by atoms with E-state index >= 15 is 0 Å².